The molecule has 3 aromatic rings. The van der Waals surface area contributed by atoms with E-state index < -0.39 is 0 Å². The molecule has 0 aromatic carbocycles. The molecule has 1 aliphatic heterocycles. The Bertz CT molecular complexity index is 1100. The van der Waals surface area contributed by atoms with E-state index in [0.717, 1.165) is 24.4 Å². The molecule has 4 heterocycles. The van der Waals surface area contributed by atoms with E-state index in [9.17, 15) is 9.59 Å². The molecule has 0 atom stereocenters. The van der Waals surface area contributed by atoms with Crippen LogP contribution in [0, 0.1) is 0 Å². The topological polar surface area (TPSA) is 85.0 Å². The van der Waals surface area contributed by atoms with Crippen LogP contribution in [0.15, 0.2) is 41.5 Å². The van der Waals surface area contributed by atoms with Crippen LogP contribution in [-0.2, 0) is 17.8 Å². The molecule has 0 unspecified atom stereocenters. The lowest BCUT2D eigenvalue weighted by Gasteiger charge is -2.34. The molecule has 0 saturated carbocycles. The number of carbonyl (C=O) groups excluding carboxylic acids is 1. The van der Waals surface area contributed by atoms with Gasteiger partial charge in [-0.25, -0.2) is 9.67 Å². The van der Waals surface area contributed by atoms with Crippen LogP contribution in [0.3, 0.4) is 0 Å². The van der Waals surface area contributed by atoms with E-state index in [1.807, 2.05) is 28.9 Å². The molecular formula is C20H23ClN6O3. The molecule has 0 spiro atoms. The third-order valence-corrected chi connectivity index (χ3v) is 5.33. The number of aromatic nitrogens is 4. The van der Waals surface area contributed by atoms with Crippen LogP contribution in [0.5, 0.6) is 0 Å². The monoisotopic (exact) mass is 430 g/mol. The number of methoxy groups -OCH3 is 1. The van der Waals surface area contributed by atoms with E-state index in [-0.39, 0.29) is 17.2 Å². The molecule has 158 valence electrons. The zero-order chi connectivity index (χ0) is 21.1. The quantitative estimate of drug-likeness (QED) is 0.583. The minimum Gasteiger partial charge on any atom is -0.383 e. The van der Waals surface area contributed by atoms with Gasteiger partial charge in [-0.3, -0.25) is 14.5 Å². The Labute approximate surface area is 178 Å². The number of ether oxygens (including phenoxy) is 1. The number of fused-ring (bicyclic) bond motifs is 1. The van der Waals surface area contributed by atoms with E-state index in [4.69, 9.17) is 16.3 Å². The van der Waals surface area contributed by atoms with Crippen molar-refractivity contribution in [1.82, 2.24) is 29.0 Å². The summed E-state index contributed by atoms with van der Waals surface area (Å²) in [5, 5.41) is 4.87. The number of piperazine rings is 1. The molecule has 4 rings (SSSR count). The number of hydrogen-bond donors (Lipinski definition) is 0. The van der Waals surface area contributed by atoms with Crippen molar-refractivity contribution in [3.8, 4) is 0 Å². The fourth-order valence-corrected chi connectivity index (χ4v) is 3.66. The van der Waals surface area contributed by atoms with E-state index >= 15 is 0 Å². The first-order chi connectivity index (χ1) is 14.5. The second-order valence-electron chi connectivity index (χ2n) is 7.19. The van der Waals surface area contributed by atoms with Crippen LogP contribution in [0.2, 0.25) is 5.02 Å². The summed E-state index contributed by atoms with van der Waals surface area (Å²) in [7, 11) is 1.56. The molecule has 1 fully saturated rings. The van der Waals surface area contributed by atoms with E-state index in [2.05, 4.69) is 15.0 Å². The van der Waals surface area contributed by atoms with Crippen molar-refractivity contribution in [3.05, 3.63) is 63.4 Å². The van der Waals surface area contributed by atoms with Gasteiger partial charge in [0.25, 0.3) is 11.5 Å². The predicted molar refractivity (Wildman–Crippen MR) is 112 cm³/mol. The normalized spacial score (nSPS) is 15.1. The zero-order valence-corrected chi connectivity index (χ0v) is 17.5. The fraction of sp³-hybridized carbons (Fsp3) is 0.400. The van der Waals surface area contributed by atoms with Crippen molar-refractivity contribution in [2.45, 2.75) is 13.1 Å². The molecule has 30 heavy (non-hydrogen) atoms. The Morgan fingerprint density at radius 2 is 1.93 bits per heavy atom. The Morgan fingerprint density at radius 3 is 2.70 bits per heavy atom. The van der Waals surface area contributed by atoms with Gasteiger partial charge in [0, 0.05) is 58.3 Å². The van der Waals surface area contributed by atoms with Gasteiger partial charge in [-0.2, -0.15) is 5.10 Å². The summed E-state index contributed by atoms with van der Waals surface area (Å²) in [6, 6.07) is 6.58. The van der Waals surface area contributed by atoms with Crippen LogP contribution in [-0.4, -0.2) is 74.8 Å². The second kappa shape index (κ2) is 8.95. The third-order valence-electron chi connectivity index (χ3n) is 5.10. The summed E-state index contributed by atoms with van der Waals surface area (Å²) in [6.07, 6.45) is 3.81. The third kappa shape index (κ3) is 4.53. The molecule has 1 aliphatic rings. The molecule has 0 radical (unpaired) electrons. The Kier molecular flexibility index (Phi) is 6.12. The van der Waals surface area contributed by atoms with Crippen molar-refractivity contribution in [2.75, 3.05) is 39.9 Å². The molecule has 9 nitrogen and oxygen atoms in total. The summed E-state index contributed by atoms with van der Waals surface area (Å²) in [5.74, 6) is -0.164. The van der Waals surface area contributed by atoms with E-state index in [1.54, 1.807) is 12.0 Å². The summed E-state index contributed by atoms with van der Waals surface area (Å²) in [6.45, 7) is 4.05. The van der Waals surface area contributed by atoms with Crippen molar-refractivity contribution < 1.29 is 9.53 Å². The lowest BCUT2D eigenvalue weighted by molar-refractivity contribution is 0.0618. The number of pyridine rings is 1. The highest BCUT2D eigenvalue weighted by molar-refractivity contribution is 6.30. The summed E-state index contributed by atoms with van der Waals surface area (Å²) in [4.78, 5) is 33.4. The first kappa shape index (κ1) is 20.5. The van der Waals surface area contributed by atoms with Gasteiger partial charge in [0.2, 0.25) is 0 Å². The lowest BCUT2D eigenvalue weighted by Crippen LogP contribution is -2.48. The molecule has 0 aliphatic carbocycles. The minimum absolute atomic E-state index is 0.164. The van der Waals surface area contributed by atoms with Crippen molar-refractivity contribution in [3.63, 3.8) is 0 Å². The first-order valence-electron chi connectivity index (χ1n) is 9.75. The van der Waals surface area contributed by atoms with Gasteiger partial charge in [-0.05, 0) is 18.2 Å². The van der Waals surface area contributed by atoms with Crippen LogP contribution in [0.1, 0.15) is 16.2 Å². The highest BCUT2D eigenvalue weighted by atomic mass is 35.5. The number of imidazole rings is 1. The van der Waals surface area contributed by atoms with Crippen LogP contribution in [0.4, 0.5) is 0 Å². The van der Waals surface area contributed by atoms with Crippen molar-refractivity contribution in [1.29, 1.82) is 0 Å². The number of halogens is 1. The summed E-state index contributed by atoms with van der Waals surface area (Å²) in [5.41, 5.74) is 1.85. The molecule has 0 N–H and O–H groups in total. The highest BCUT2D eigenvalue weighted by Gasteiger charge is 2.24. The number of amides is 1. The lowest BCUT2D eigenvalue weighted by atomic mass is 10.2. The maximum atomic E-state index is 12.8. The fourth-order valence-electron chi connectivity index (χ4n) is 3.49. The predicted octanol–water partition coefficient (Wildman–Crippen LogP) is 1.15. The Balaban J connectivity index is 1.36. The average Bonchev–Trinajstić information content (AvgIpc) is 3.14. The van der Waals surface area contributed by atoms with Gasteiger partial charge in [0.15, 0.2) is 0 Å². The molecule has 1 amide bonds. The number of carbonyl (C=O) groups is 1. The van der Waals surface area contributed by atoms with Crippen LogP contribution >= 0.6 is 11.6 Å². The summed E-state index contributed by atoms with van der Waals surface area (Å²) >= 11 is 6.03. The standard InChI is InChI=1S/C20H23ClN6O3/c1-30-11-10-27-19(28)5-3-17(23-27)20(29)25-8-6-24(7-9-25)13-16-14-26-12-15(21)2-4-18(26)22-16/h2-5,12,14H,6-11,13H2,1H3. The first-order valence-corrected chi connectivity index (χ1v) is 10.1. The molecular weight excluding hydrogens is 408 g/mol. The van der Waals surface area contributed by atoms with E-state index in [1.165, 1.54) is 16.8 Å². The van der Waals surface area contributed by atoms with Crippen LogP contribution in [0.25, 0.3) is 5.65 Å². The van der Waals surface area contributed by atoms with Gasteiger partial charge in [0.05, 0.1) is 23.9 Å². The smallest absolute Gasteiger partial charge is 0.274 e. The largest absolute Gasteiger partial charge is 0.383 e. The van der Waals surface area contributed by atoms with E-state index in [0.29, 0.717) is 37.8 Å². The Hall–Kier alpha value is -2.75. The molecule has 3 aromatic heterocycles. The van der Waals surface area contributed by atoms with Crippen molar-refractivity contribution >= 4 is 23.2 Å². The van der Waals surface area contributed by atoms with Gasteiger partial charge in [-0.1, -0.05) is 11.6 Å². The SMILES string of the molecule is COCCn1nc(C(=O)N2CCN(Cc3cn4cc(Cl)ccc4n3)CC2)ccc1=O. The molecule has 0 bridgehead atoms. The maximum absolute atomic E-state index is 12.8. The number of rotatable bonds is 6. The van der Waals surface area contributed by atoms with Gasteiger partial charge in [0.1, 0.15) is 11.3 Å². The molecule has 10 heteroatoms. The van der Waals surface area contributed by atoms with Crippen LogP contribution < -0.4 is 5.56 Å². The number of nitrogens with zero attached hydrogens (tertiary/aromatic N) is 6. The number of hydrogen-bond acceptors (Lipinski definition) is 6. The average molecular weight is 431 g/mol. The van der Waals surface area contributed by atoms with Gasteiger partial charge in [-0.15, -0.1) is 0 Å². The molecule has 1 saturated heterocycles. The Morgan fingerprint density at radius 1 is 1.13 bits per heavy atom. The minimum atomic E-state index is -0.248. The maximum Gasteiger partial charge on any atom is 0.274 e. The van der Waals surface area contributed by atoms with Gasteiger partial charge >= 0.3 is 0 Å². The van der Waals surface area contributed by atoms with Crippen molar-refractivity contribution in [2.24, 2.45) is 0 Å². The van der Waals surface area contributed by atoms with Gasteiger partial charge < -0.3 is 14.0 Å². The second-order valence-corrected chi connectivity index (χ2v) is 7.62. The zero-order valence-electron chi connectivity index (χ0n) is 16.7. The summed E-state index contributed by atoms with van der Waals surface area (Å²) < 4.78 is 8.17. The highest BCUT2D eigenvalue weighted by Crippen LogP contribution is 2.14.